The van der Waals surface area contributed by atoms with E-state index < -0.39 is 32.5 Å². The maximum atomic E-state index is 12.5. The first-order valence-corrected chi connectivity index (χ1v) is 23.2. The molecule has 0 aliphatic carbocycles. The minimum absolute atomic E-state index is 0.0305. The number of hydrogen-bond acceptors (Lipinski definition) is 8. The van der Waals surface area contributed by atoms with Crippen molar-refractivity contribution in [1.29, 1.82) is 0 Å². The lowest BCUT2D eigenvalue weighted by atomic mass is 10.1. The van der Waals surface area contributed by atoms with Crippen molar-refractivity contribution in [3.8, 4) is 0 Å². The van der Waals surface area contributed by atoms with Gasteiger partial charge in [0, 0.05) is 19.4 Å². The molecular weight excluding hydrogens is 737 g/mol. The molecule has 1 unspecified atom stereocenters. The van der Waals surface area contributed by atoms with Gasteiger partial charge in [-0.05, 0) is 83.5 Å². The van der Waals surface area contributed by atoms with E-state index >= 15 is 0 Å². The zero-order chi connectivity index (χ0) is 41.8. The Hall–Kier alpha value is -3.07. The van der Waals surface area contributed by atoms with Crippen LogP contribution in [0.5, 0.6) is 0 Å². The van der Waals surface area contributed by atoms with Gasteiger partial charge < -0.3 is 20.1 Å². The highest BCUT2D eigenvalue weighted by molar-refractivity contribution is 7.47. The summed E-state index contributed by atoms with van der Waals surface area (Å²) in [7, 11) is -4.41. The van der Waals surface area contributed by atoms with E-state index in [-0.39, 0.29) is 32.6 Å². The molecule has 0 aliphatic heterocycles. The Bertz CT molecular complexity index is 1250. The van der Waals surface area contributed by atoms with Crippen LogP contribution in [0.2, 0.25) is 0 Å². The Morgan fingerprint density at radius 2 is 0.947 bits per heavy atom. The number of carbonyl (C=O) groups is 2. The van der Waals surface area contributed by atoms with E-state index in [1.54, 1.807) is 0 Å². The first-order valence-electron chi connectivity index (χ1n) is 21.7. The molecule has 0 fully saturated rings. The van der Waals surface area contributed by atoms with Gasteiger partial charge in [-0.1, -0.05) is 156 Å². The number of rotatable bonds is 39. The van der Waals surface area contributed by atoms with Gasteiger partial charge in [0.25, 0.3) is 0 Å². The van der Waals surface area contributed by atoms with Crippen molar-refractivity contribution in [1.82, 2.24) is 0 Å². The monoisotopic (exact) mass is 816 g/mol. The standard InChI is InChI=1S/C47H78NO8P/c1-3-5-7-9-11-13-15-17-19-21-22-24-26-28-30-32-34-36-38-40-47(50)56-45(44-55-57(51,52)54-42-41-48)43-53-46(49)39-37-35-33-31-29-27-25-23-20-18-16-14-12-10-8-6-4-2/h11,13,17-20,22,24-25,27-28,30-31,33-34,36,45H,3-10,12,14-16,21,23,26,29,32,35,37-44,48H2,1-2H3,(H,51,52)/b13-11+,19-17+,20-18+,24-22+,27-25+,30-28+,33-31+,36-34+/t45-/m1/s1. The van der Waals surface area contributed by atoms with Crippen LogP contribution in [0.25, 0.3) is 0 Å². The Balaban J connectivity index is 4.39. The fourth-order valence-corrected chi connectivity index (χ4v) is 5.98. The van der Waals surface area contributed by atoms with E-state index in [1.807, 2.05) is 18.2 Å². The molecular formula is C47H78NO8P. The van der Waals surface area contributed by atoms with Gasteiger partial charge in [0.05, 0.1) is 13.2 Å². The molecule has 0 radical (unpaired) electrons. The number of unbranched alkanes of at least 4 members (excludes halogenated alkanes) is 10. The van der Waals surface area contributed by atoms with Crippen LogP contribution in [0.15, 0.2) is 97.2 Å². The van der Waals surface area contributed by atoms with Gasteiger partial charge in [0.2, 0.25) is 0 Å². The van der Waals surface area contributed by atoms with Crippen molar-refractivity contribution in [2.45, 2.75) is 161 Å². The Morgan fingerprint density at radius 3 is 1.46 bits per heavy atom. The largest absolute Gasteiger partial charge is 0.472 e. The normalized spacial score (nSPS) is 14.2. The number of phosphoric acid groups is 1. The predicted molar refractivity (Wildman–Crippen MR) is 238 cm³/mol. The number of phosphoric ester groups is 1. The van der Waals surface area contributed by atoms with Crippen LogP contribution in [-0.2, 0) is 32.7 Å². The van der Waals surface area contributed by atoms with Crippen LogP contribution in [0.3, 0.4) is 0 Å². The smallest absolute Gasteiger partial charge is 0.462 e. The molecule has 0 bridgehead atoms. The summed E-state index contributed by atoms with van der Waals surface area (Å²) >= 11 is 0. The second-order valence-electron chi connectivity index (χ2n) is 13.8. The molecule has 0 heterocycles. The molecule has 0 saturated carbocycles. The average Bonchev–Trinajstić information content (AvgIpc) is 3.20. The lowest BCUT2D eigenvalue weighted by Gasteiger charge is -2.19. The van der Waals surface area contributed by atoms with E-state index in [0.29, 0.717) is 12.8 Å². The van der Waals surface area contributed by atoms with Crippen LogP contribution < -0.4 is 5.73 Å². The van der Waals surface area contributed by atoms with Gasteiger partial charge in [-0.25, -0.2) is 4.57 Å². The number of esters is 2. The minimum atomic E-state index is -4.41. The van der Waals surface area contributed by atoms with Crippen LogP contribution >= 0.6 is 7.82 Å². The van der Waals surface area contributed by atoms with E-state index in [0.717, 1.165) is 51.4 Å². The second kappa shape index (κ2) is 42.5. The number of allylic oxidation sites excluding steroid dienone is 16. The Morgan fingerprint density at radius 1 is 0.526 bits per heavy atom. The van der Waals surface area contributed by atoms with Crippen molar-refractivity contribution in [3.63, 3.8) is 0 Å². The van der Waals surface area contributed by atoms with E-state index in [9.17, 15) is 19.0 Å². The molecule has 0 aliphatic rings. The lowest BCUT2D eigenvalue weighted by Crippen LogP contribution is -2.29. The van der Waals surface area contributed by atoms with Gasteiger partial charge >= 0.3 is 19.8 Å². The topological polar surface area (TPSA) is 134 Å². The number of carbonyl (C=O) groups excluding carboxylic acids is 2. The summed E-state index contributed by atoms with van der Waals surface area (Å²) < 4.78 is 32.6. The molecule has 0 amide bonds. The van der Waals surface area contributed by atoms with E-state index in [4.69, 9.17) is 24.3 Å². The molecule has 9 nitrogen and oxygen atoms in total. The van der Waals surface area contributed by atoms with E-state index in [2.05, 4.69) is 92.8 Å². The summed E-state index contributed by atoms with van der Waals surface area (Å²) in [5, 5.41) is 0. The third kappa shape index (κ3) is 42.4. The quantitative estimate of drug-likeness (QED) is 0.0269. The molecule has 0 spiro atoms. The SMILES string of the molecule is CCCCC/C=C/C/C=C/C/C=C/C/C=C/C/C=C/CCC(=O)O[C@H](COC(=O)CCC/C=C/C/C=C/C/C=C/CCCCCCCC)COP(=O)(O)OCCN. The van der Waals surface area contributed by atoms with Crippen LogP contribution in [0.4, 0.5) is 0 Å². The Kier molecular flexibility index (Phi) is 40.2. The number of hydrogen-bond donors (Lipinski definition) is 2. The first-order chi connectivity index (χ1) is 27.8. The third-order valence-corrected chi connectivity index (χ3v) is 9.44. The summed E-state index contributed by atoms with van der Waals surface area (Å²) in [6.45, 7) is 3.53. The highest BCUT2D eigenvalue weighted by atomic mass is 31.2. The van der Waals surface area contributed by atoms with Gasteiger partial charge in [-0.15, -0.1) is 0 Å². The Labute approximate surface area is 346 Å². The summed E-state index contributed by atoms with van der Waals surface area (Å²) in [5.41, 5.74) is 5.34. The van der Waals surface area contributed by atoms with E-state index in [1.165, 1.54) is 64.2 Å². The van der Waals surface area contributed by atoms with Gasteiger partial charge in [-0.2, -0.15) is 0 Å². The maximum Gasteiger partial charge on any atom is 0.472 e. The third-order valence-electron chi connectivity index (χ3n) is 8.46. The average molecular weight is 816 g/mol. The predicted octanol–water partition coefficient (Wildman–Crippen LogP) is 12.6. The summed E-state index contributed by atoms with van der Waals surface area (Å²) in [4.78, 5) is 34.8. The molecule has 0 rings (SSSR count). The number of nitrogens with two attached hydrogens (primary N) is 1. The molecule has 57 heavy (non-hydrogen) atoms. The highest BCUT2D eigenvalue weighted by Crippen LogP contribution is 2.43. The van der Waals surface area contributed by atoms with Crippen molar-refractivity contribution >= 4 is 19.8 Å². The van der Waals surface area contributed by atoms with Crippen molar-refractivity contribution in [3.05, 3.63) is 97.2 Å². The molecule has 0 saturated heterocycles. The number of ether oxygens (including phenoxy) is 2. The van der Waals surface area contributed by atoms with Crippen molar-refractivity contribution in [2.75, 3.05) is 26.4 Å². The fraction of sp³-hybridized carbons (Fsp3) is 0.617. The molecule has 2 atom stereocenters. The summed E-state index contributed by atoms with van der Waals surface area (Å²) in [5.74, 6) is -0.996. The molecule has 324 valence electrons. The zero-order valence-corrected chi connectivity index (χ0v) is 36.4. The van der Waals surface area contributed by atoms with Crippen molar-refractivity contribution in [2.24, 2.45) is 5.73 Å². The molecule has 0 aromatic rings. The van der Waals surface area contributed by atoms with Crippen LogP contribution in [0, 0.1) is 0 Å². The van der Waals surface area contributed by atoms with Crippen molar-refractivity contribution < 1.29 is 37.6 Å². The maximum absolute atomic E-state index is 12.5. The molecule has 0 aromatic carbocycles. The lowest BCUT2D eigenvalue weighted by molar-refractivity contribution is -0.161. The highest BCUT2D eigenvalue weighted by Gasteiger charge is 2.25. The van der Waals surface area contributed by atoms with Gasteiger partial charge in [0.15, 0.2) is 6.10 Å². The van der Waals surface area contributed by atoms with Crippen LogP contribution in [0.1, 0.15) is 155 Å². The van der Waals surface area contributed by atoms with Gasteiger partial charge in [0.1, 0.15) is 6.61 Å². The minimum Gasteiger partial charge on any atom is -0.462 e. The molecule has 0 aromatic heterocycles. The second-order valence-corrected chi connectivity index (χ2v) is 15.3. The molecule has 10 heteroatoms. The van der Waals surface area contributed by atoms with Gasteiger partial charge in [-0.3, -0.25) is 18.6 Å². The zero-order valence-electron chi connectivity index (χ0n) is 35.5. The summed E-state index contributed by atoms with van der Waals surface area (Å²) in [6.07, 6.45) is 54.6. The molecule has 3 N–H and O–H groups in total. The fourth-order valence-electron chi connectivity index (χ4n) is 5.22. The summed E-state index contributed by atoms with van der Waals surface area (Å²) in [6, 6.07) is 0. The first kappa shape index (κ1) is 53.9. The van der Waals surface area contributed by atoms with Crippen LogP contribution in [-0.4, -0.2) is 49.3 Å².